The Morgan fingerprint density at radius 2 is 2.18 bits per heavy atom. The van der Waals surface area contributed by atoms with E-state index in [9.17, 15) is 4.79 Å². The molecule has 92 valence electrons. The van der Waals surface area contributed by atoms with E-state index in [1.807, 2.05) is 20.8 Å². The summed E-state index contributed by atoms with van der Waals surface area (Å²) in [6, 6.07) is 2.05. The Balaban J connectivity index is 3.12. The largest absolute Gasteiger partial charge is 0.354 e. The van der Waals surface area contributed by atoms with Crippen molar-refractivity contribution in [3.63, 3.8) is 0 Å². The zero-order chi connectivity index (χ0) is 13.1. The Hall–Kier alpha value is -1.83. The zero-order valence-electron chi connectivity index (χ0n) is 10.8. The van der Waals surface area contributed by atoms with Gasteiger partial charge in [-0.25, -0.2) is 4.98 Å². The molecular weight excluding hydrogens is 216 g/mol. The van der Waals surface area contributed by atoms with Gasteiger partial charge in [0, 0.05) is 31.5 Å². The summed E-state index contributed by atoms with van der Waals surface area (Å²) in [6.45, 7) is 6.40. The quantitative estimate of drug-likeness (QED) is 0.792. The van der Waals surface area contributed by atoms with Gasteiger partial charge in [0.05, 0.1) is 12.5 Å². The summed E-state index contributed by atoms with van der Waals surface area (Å²) < 4.78 is 1.65. The van der Waals surface area contributed by atoms with Crippen LogP contribution in [0.1, 0.15) is 27.2 Å². The number of hydrogen-bond donors (Lipinski definition) is 0. The Labute approximate surface area is 101 Å². The molecule has 0 amide bonds. The van der Waals surface area contributed by atoms with Crippen LogP contribution in [0, 0.1) is 11.3 Å². The Morgan fingerprint density at radius 1 is 1.53 bits per heavy atom. The predicted octanol–water partition coefficient (Wildman–Crippen LogP) is 1.35. The van der Waals surface area contributed by atoms with Crippen LogP contribution in [0.25, 0.3) is 0 Å². The van der Waals surface area contributed by atoms with Gasteiger partial charge in [0.25, 0.3) is 5.56 Å². The number of nitrogens with zero attached hydrogens (tertiary/aromatic N) is 4. The molecular formula is C12H18N4O. The lowest BCUT2D eigenvalue weighted by atomic mass is 10.1. The molecule has 5 heteroatoms. The predicted molar refractivity (Wildman–Crippen MR) is 67.0 cm³/mol. The van der Waals surface area contributed by atoms with Gasteiger partial charge in [-0.05, 0) is 20.8 Å². The second-order valence-corrected chi connectivity index (χ2v) is 4.93. The van der Waals surface area contributed by atoms with E-state index in [0.29, 0.717) is 18.8 Å². The van der Waals surface area contributed by atoms with E-state index < -0.39 is 0 Å². The molecule has 1 rings (SSSR count). The summed E-state index contributed by atoms with van der Waals surface area (Å²) in [4.78, 5) is 18.0. The fourth-order valence-corrected chi connectivity index (χ4v) is 1.51. The van der Waals surface area contributed by atoms with Crippen molar-refractivity contribution in [3.05, 3.63) is 22.7 Å². The summed E-state index contributed by atoms with van der Waals surface area (Å²) >= 11 is 0. The van der Waals surface area contributed by atoms with Gasteiger partial charge in [-0.15, -0.1) is 0 Å². The summed E-state index contributed by atoms with van der Waals surface area (Å²) in [5, 5.41) is 8.53. The number of rotatable bonds is 3. The standard InChI is InChI=1S/C12H18N4O/c1-12(2,3)16-9-7-14-10(11(16)17)15(4)8-5-6-13/h7,9H,5,8H2,1-4H3. The van der Waals surface area contributed by atoms with Gasteiger partial charge in [-0.3, -0.25) is 4.79 Å². The van der Waals surface area contributed by atoms with Gasteiger partial charge in [0.2, 0.25) is 0 Å². The number of hydrogen-bond acceptors (Lipinski definition) is 4. The molecule has 0 saturated heterocycles. The van der Waals surface area contributed by atoms with E-state index in [-0.39, 0.29) is 11.1 Å². The molecule has 0 aliphatic rings. The summed E-state index contributed by atoms with van der Waals surface area (Å²) in [7, 11) is 1.77. The first-order chi connectivity index (χ1) is 7.88. The first kappa shape index (κ1) is 13.2. The molecule has 1 heterocycles. The maximum absolute atomic E-state index is 12.2. The Bertz CT molecular complexity index is 479. The third-order valence-corrected chi connectivity index (χ3v) is 2.47. The highest BCUT2D eigenvalue weighted by atomic mass is 16.1. The summed E-state index contributed by atoms with van der Waals surface area (Å²) in [5.74, 6) is 0.387. The average molecular weight is 234 g/mol. The minimum atomic E-state index is -0.273. The highest BCUT2D eigenvalue weighted by molar-refractivity contribution is 5.34. The van der Waals surface area contributed by atoms with Gasteiger partial charge in [-0.1, -0.05) is 0 Å². The van der Waals surface area contributed by atoms with Gasteiger partial charge in [0.1, 0.15) is 0 Å². The highest BCUT2D eigenvalue weighted by Gasteiger charge is 2.18. The second-order valence-electron chi connectivity index (χ2n) is 4.93. The van der Waals surface area contributed by atoms with E-state index in [1.54, 1.807) is 28.9 Å². The zero-order valence-corrected chi connectivity index (χ0v) is 10.8. The smallest absolute Gasteiger partial charge is 0.293 e. The molecule has 0 bridgehead atoms. The lowest BCUT2D eigenvalue weighted by Gasteiger charge is -2.24. The van der Waals surface area contributed by atoms with E-state index >= 15 is 0 Å². The van der Waals surface area contributed by atoms with Gasteiger partial charge >= 0.3 is 0 Å². The van der Waals surface area contributed by atoms with Crippen LogP contribution in [0.5, 0.6) is 0 Å². The van der Waals surface area contributed by atoms with Crippen molar-refractivity contribution in [3.8, 4) is 6.07 Å². The Kier molecular flexibility index (Phi) is 3.89. The van der Waals surface area contributed by atoms with Crippen LogP contribution in [-0.2, 0) is 5.54 Å². The Morgan fingerprint density at radius 3 is 2.71 bits per heavy atom. The van der Waals surface area contributed by atoms with Crippen molar-refractivity contribution in [1.82, 2.24) is 9.55 Å². The van der Waals surface area contributed by atoms with E-state index in [2.05, 4.69) is 11.1 Å². The summed E-state index contributed by atoms with van der Waals surface area (Å²) in [6.07, 6.45) is 3.68. The lowest BCUT2D eigenvalue weighted by molar-refractivity contribution is 0.382. The van der Waals surface area contributed by atoms with Gasteiger partial charge < -0.3 is 9.47 Å². The number of anilines is 1. The van der Waals surface area contributed by atoms with Crippen molar-refractivity contribution in [2.24, 2.45) is 0 Å². The number of aromatic nitrogens is 2. The van der Waals surface area contributed by atoms with E-state index in [4.69, 9.17) is 5.26 Å². The first-order valence-corrected chi connectivity index (χ1v) is 5.54. The molecule has 0 atom stereocenters. The van der Waals surface area contributed by atoms with Crippen molar-refractivity contribution in [2.45, 2.75) is 32.7 Å². The number of nitriles is 1. The highest BCUT2D eigenvalue weighted by Crippen LogP contribution is 2.11. The maximum atomic E-state index is 12.2. The van der Waals surface area contributed by atoms with Crippen LogP contribution in [0.3, 0.4) is 0 Å². The van der Waals surface area contributed by atoms with Crippen LogP contribution >= 0.6 is 0 Å². The maximum Gasteiger partial charge on any atom is 0.293 e. The first-order valence-electron chi connectivity index (χ1n) is 5.54. The minimum Gasteiger partial charge on any atom is -0.354 e. The van der Waals surface area contributed by atoms with Crippen LogP contribution in [0.15, 0.2) is 17.2 Å². The monoisotopic (exact) mass is 234 g/mol. The molecule has 0 radical (unpaired) electrons. The third kappa shape index (κ3) is 3.06. The molecule has 0 saturated carbocycles. The molecule has 17 heavy (non-hydrogen) atoms. The molecule has 1 aromatic rings. The normalized spacial score (nSPS) is 11.0. The van der Waals surface area contributed by atoms with Crippen LogP contribution in [-0.4, -0.2) is 23.1 Å². The fourth-order valence-electron chi connectivity index (χ4n) is 1.51. The second kappa shape index (κ2) is 5.00. The van der Waals surface area contributed by atoms with Crippen molar-refractivity contribution < 1.29 is 0 Å². The molecule has 1 aromatic heterocycles. The molecule has 0 aliphatic carbocycles. The van der Waals surface area contributed by atoms with Crippen LogP contribution in [0.4, 0.5) is 5.82 Å². The summed E-state index contributed by atoms with van der Waals surface area (Å²) in [5.41, 5.74) is -0.398. The fraction of sp³-hybridized carbons (Fsp3) is 0.583. The molecule has 0 fully saturated rings. The van der Waals surface area contributed by atoms with Crippen LogP contribution in [0.2, 0.25) is 0 Å². The molecule has 0 N–H and O–H groups in total. The third-order valence-electron chi connectivity index (χ3n) is 2.47. The molecule has 0 aliphatic heterocycles. The molecule has 5 nitrogen and oxygen atoms in total. The average Bonchev–Trinajstić information content (AvgIpc) is 2.24. The van der Waals surface area contributed by atoms with Gasteiger partial charge in [0.15, 0.2) is 5.82 Å². The van der Waals surface area contributed by atoms with E-state index in [1.165, 1.54) is 0 Å². The lowest BCUT2D eigenvalue weighted by Crippen LogP contribution is -2.37. The van der Waals surface area contributed by atoms with Crippen molar-refractivity contribution >= 4 is 5.82 Å². The minimum absolute atomic E-state index is 0.125. The van der Waals surface area contributed by atoms with Gasteiger partial charge in [-0.2, -0.15) is 5.26 Å². The van der Waals surface area contributed by atoms with Crippen molar-refractivity contribution in [2.75, 3.05) is 18.5 Å². The SMILES string of the molecule is CN(CCC#N)c1nccn(C(C)(C)C)c1=O. The molecule has 0 unspecified atom stereocenters. The van der Waals surface area contributed by atoms with Crippen molar-refractivity contribution in [1.29, 1.82) is 5.26 Å². The van der Waals surface area contributed by atoms with E-state index in [0.717, 1.165) is 0 Å². The molecule has 0 aromatic carbocycles. The van der Waals surface area contributed by atoms with Crippen LogP contribution < -0.4 is 10.5 Å². The molecule has 0 spiro atoms. The topological polar surface area (TPSA) is 61.9 Å².